The van der Waals surface area contributed by atoms with Gasteiger partial charge < -0.3 is 14.9 Å². The standard InChI is InChI=1S/C6H10O4/c1-3-5(8)4(2-7)6(9)10-3/h3-5,7-8H,2H2,1H3/t3-,4-,5+/m0/s1. The van der Waals surface area contributed by atoms with Crippen molar-refractivity contribution in [1.29, 1.82) is 0 Å². The van der Waals surface area contributed by atoms with Crippen molar-refractivity contribution in [2.45, 2.75) is 19.1 Å². The number of hydrogen-bond acceptors (Lipinski definition) is 4. The summed E-state index contributed by atoms with van der Waals surface area (Å²) in [5.74, 6) is -1.25. The number of carbonyl (C=O) groups excluding carboxylic acids is 1. The lowest BCUT2D eigenvalue weighted by Gasteiger charge is -2.07. The molecular formula is C6H10O4. The Morgan fingerprint density at radius 3 is 2.50 bits per heavy atom. The van der Waals surface area contributed by atoms with Gasteiger partial charge >= 0.3 is 5.97 Å². The zero-order valence-corrected chi connectivity index (χ0v) is 5.65. The molecule has 1 aliphatic rings. The van der Waals surface area contributed by atoms with Crippen molar-refractivity contribution >= 4 is 5.97 Å². The van der Waals surface area contributed by atoms with Crippen LogP contribution >= 0.6 is 0 Å². The van der Waals surface area contributed by atoms with Gasteiger partial charge in [-0.3, -0.25) is 4.79 Å². The van der Waals surface area contributed by atoms with Crippen LogP contribution in [0.2, 0.25) is 0 Å². The first-order chi connectivity index (χ1) is 4.66. The molecule has 3 atom stereocenters. The van der Waals surface area contributed by atoms with Gasteiger partial charge in [-0.1, -0.05) is 0 Å². The Kier molecular flexibility index (Phi) is 1.92. The molecule has 0 amide bonds. The third kappa shape index (κ3) is 0.998. The van der Waals surface area contributed by atoms with E-state index in [2.05, 4.69) is 4.74 Å². The first-order valence-corrected chi connectivity index (χ1v) is 3.16. The minimum absolute atomic E-state index is 0.343. The lowest BCUT2D eigenvalue weighted by Crippen LogP contribution is -2.27. The predicted octanol–water partition coefficient (Wildman–Crippen LogP) is -1.10. The highest BCUT2D eigenvalue weighted by Gasteiger charge is 2.40. The average Bonchev–Trinajstić information content (AvgIpc) is 2.09. The fraction of sp³-hybridized carbons (Fsp3) is 0.833. The van der Waals surface area contributed by atoms with Crippen molar-refractivity contribution in [1.82, 2.24) is 0 Å². The monoisotopic (exact) mass is 146 g/mol. The van der Waals surface area contributed by atoms with Crippen molar-refractivity contribution in [2.75, 3.05) is 6.61 Å². The van der Waals surface area contributed by atoms with Gasteiger partial charge in [0, 0.05) is 0 Å². The maximum atomic E-state index is 10.7. The van der Waals surface area contributed by atoms with Crippen molar-refractivity contribution in [2.24, 2.45) is 5.92 Å². The molecule has 0 aliphatic carbocycles. The SMILES string of the molecule is C[C@@H]1OC(=O)[C@@H](CO)[C@@H]1O. The Bertz CT molecular complexity index is 145. The maximum absolute atomic E-state index is 10.7. The summed E-state index contributed by atoms with van der Waals surface area (Å²) < 4.78 is 4.63. The van der Waals surface area contributed by atoms with E-state index in [9.17, 15) is 4.79 Å². The summed E-state index contributed by atoms with van der Waals surface area (Å²) in [6.07, 6.45) is -1.33. The smallest absolute Gasteiger partial charge is 0.314 e. The molecule has 4 heteroatoms. The average molecular weight is 146 g/mol. The molecule has 0 aromatic heterocycles. The molecule has 1 heterocycles. The van der Waals surface area contributed by atoms with E-state index < -0.39 is 24.1 Å². The summed E-state index contributed by atoms with van der Waals surface area (Å²) in [4.78, 5) is 10.7. The summed E-state index contributed by atoms with van der Waals surface area (Å²) in [5.41, 5.74) is 0. The van der Waals surface area contributed by atoms with E-state index >= 15 is 0 Å². The van der Waals surface area contributed by atoms with Gasteiger partial charge in [-0.05, 0) is 6.92 Å². The minimum atomic E-state index is -0.850. The van der Waals surface area contributed by atoms with E-state index in [4.69, 9.17) is 10.2 Å². The lowest BCUT2D eigenvalue weighted by molar-refractivity contribution is -0.144. The van der Waals surface area contributed by atoms with Gasteiger partial charge in [-0.2, -0.15) is 0 Å². The summed E-state index contributed by atoms with van der Waals surface area (Å²) in [6, 6.07) is 0. The molecule has 1 aliphatic heterocycles. The molecule has 1 saturated heterocycles. The largest absolute Gasteiger partial charge is 0.460 e. The van der Waals surface area contributed by atoms with Crippen LogP contribution in [0.5, 0.6) is 0 Å². The first kappa shape index (κ1) is 7.50. The van der Waals surface area contributed by atoms with Crippen molar-refractivity contribution < 1.29 is 19.7 Å². The maximum Gasteiger partial charge on any atom is 0.314 e. The molecule has 10 heavy (non-hydrogen) atoms. The lowest BCUT2D eigenvalue weighted by atomic mass is 10.0. The molecule has 0 unspecified atom stereocenters. The number of rotatable bonds is 1. The highest BCUT2D eigenvalue weighted by molar-refractivity contribution is 5.75. The topological polar surface area (TPSA) is 66.8 Å². The first-order valence-electron chi connectivity index (χ1n) is 3.16. The van der Waals surface area contributed by atoms with Crippen LogP contribution < -0.4 is 0 Å². The molecule has 2 N–H and O–H groups in total. The molecule has 0 aromatic carbocycles. The Morgan fingerprint density at radius 2 is 2.30 bits per heavy atom. The van der Waals surface area contributed by atoms with Crippen molar-refractivity contribution in [3.63, 3.8) is 0 Å². The van der Waals surface area contributed by atoms with Gasteiger partial charge in [-0.15, -0.1) is 0 Å². The quantitative estimate of drug-likeness (QED) is 0.461. The van der Waals surface area contributed by atoms with Crippen LogP contribution in [0.25, 0.3) is 0 Å². The van der Waals surface area contributed by atoms with E-state index in [1.54, 1.807) is 6.92 Å². The van der Waals surface area contributed by atoms with Crippen LogP contribution in [-0.2, 0) is 9.53 Å². The third-order valence-corrected chi connectivity index (χ3v) is 1.69. The highest BCUT2D eigenvalue weighted by Crippen LogP contribution is 2.20. The third-order valence-electron chi connectivity index (χ3n) is 1.69. The number of carbonyl (C=O) groups is 1. The second-order valence-corrected chi connectivity index (χ2v) is 2.42. The fourth-order valence-electron chi connectivity index (χ4n) is 0.989. The molecule has 0 bridgehead atoms. The number of aliphatic hydroxyl groups excluding tert-OH is 2. The number of hydrogen-bond donors (Lipinski definition) is 2. The Hall–Kier alpha value is -0.610. The summed E-state index contributed by atoms with van der Waals surface area (Å²) in [6.45, 7) is 1.25. The summed E-state index contributed by atoms with van der Waals surface area (Å²) in [5, 5.41) is 17.7. The molecular weight excluding hydrogens is 136 g/mol. The van der Waals surface area contributed by atoms with Crippen LogP contribution in [-0.4, -0.2) is 35.0 Å². The van der Waals surface area contributed by atoms with Crippen molar-refractivity contribution in [3.05, 3.63) is 0 Å². The predicted molar refractivity (Wildman–Crippen MR) is 32.1 cm³/mol. The fourth-order valence-corrected chi connectivity index (χ4v) is 0.989. The van der Waals surface area contributed by atoms with Crippen LogP contribution in [0.1, 0.15) is 6.92 Å². The second-order valence-electron chi connectivity index (χ2n) is 2.42. The second kappa shape index (κ2) is 2.56. The molecule has 1 rings (SSSR count). The van der Waals surface area contributed by atoms with Crippen molar-refractivity contribution in [3.8, 4) is 0 Å². The number of cyclic esters (lactones) is 1. The summed E-state index contributed by atoms with van der Waals surface area (Å²) >= 11 is 0. The van der Waals surface area contributed by atoms with Gasteiger partial charge in [0.1, 0.15) is 18.1 Å². The number of aliphatic hydroxyl groups is 2. The van der Waals surface area contributed by atoms with Gasteiger partial charge in [0.15, 0.2) is 0 Å². The zero-order valence-electron chi connectivity index (χ0n) is 5.65. The van der Waals surface area contributed by atoms with E-state index in [1.807, 2.05) is 0 Å². The van der Waals surface area contributed by atoms with Gasteiger partial charge in [-0.25, -0.2) is 0 Å². The molecule has 1 fully saturated rings. The van der Waals surface area contributed by atoms with E-state index in [0.29, 0.717) is 0 Å². The van der Waals surface area contributed by atoms with Gasteiger partial charge in [0.2, 0.25) is 0 Å². The zero-order chi connectivity index (χ0) is 7.72. The highest BCUT2D eigenvalue weighted by atomic mass is 16.6. The Labute approximate surface area is 58.4 Å². The van der Waals surface area contributed by atoms with Crippen LogP contribution in [0.15, 0.2) is 0 Å². The van der Waals surface area contributed by atoms with E-state index in [-0.39, 0.29) is 6.61 Å². The molecule has 0 spiro atoms. The minimum Gasteiger partial charge on any atom is -0.460 e. The van der Waals surface area contributed by atoms with Crippen LogP contribution in [0, 0.1) is 5.92 Å². The molecule has 58 valence electrons. The normalized spacial score (nSPS) is 39.9. The molecule has 4 nitrogen and oxygen atoms in total. The van der Waals surface area contributed by atoms with Gasteiger partial charge in [0.05, 0.1) is 6.61 Å². The molecule has 0 aromatic rings. The number of esters is 1. The van der Waals surface area contributed by atoms with Crippen LogP contribution in [0.3, 0.4) is 0 Å². The van der Waals surface area contributed by atoms with E-state index in [1.165, 1.54) is 0 Å². The Balaban J connectivity index is 2.64. The summed E-state index contributed by atoms with van der Waals surface area (Å²) in [7, 11) is 0. The Morgan fingerprint density at radius 1 is 1.70 bits per heavy atom. The molecule has 0 saturated carbocycles. The molecule has 0 radical (unpaired) electrons. The van der Waals surface area contributed by atoms with E-state index in [0.717, 1.165) is 0 Å². The number of ether oxygens (including phenoxy) is 1. The van der Waals surface area contributed by atoms with Gasteiger partial charge in [0.25, 0.3) is 0 Å². The van der Waals surface area contributed by atoms with Crippen LogP contribution in [0.4, 0.5) is 0 Å².